The standard InChI is InChI=1S/C20H28N2O8/c1-19(2,3)29-16(23)12-11-15(21-18(25)30-20(4,5)6)17(24)28-14-9-7-13(8-10-14)22(26)27/h7-10,15H,11-12H2,1-6H3,(H,21,25)/t15-/m0/s1. The number of hydrogen-bond acceptors (Lipinski definition) is 8. The van der Waals surface area contributed by atoms with Crippen LogP contribution in [0.15, 0.2) is 24.3 Å². The Labute approximate surface area is 175 Å². The lowest BCUT2D eigenvalue weighted by Crippen LogP contribution is -2.45. The summed E-state index contributed by atoms with van der Waals surface area (Å²) in [5.74, 6) is -1.33. The zero-order valence-corrected chi connectivity index (χ0v) is 18.0. The highest BCUT2D eigenvalue weighted by molar-refractivity contribution is 5.83. The monoisotopic (exact) mass is 424 g/mol. The Hall–Kier alpha value is -3.17. The topological polar surface area (TPSA) is 134 Å². The molecule has 1 aromatic carbocycles. The van der Waals surface area contributed by atoms with E-state index in [1.807, 2.05) is 0 Å². The smallest absolute Gasteiger partial charge is 0.408 e. The van der Waals surface area contributed by atoms with Gasteiger partial charge in [0.25, 0.3) is 5.69 Å². The Kier molecular flexibility index (Phi) is 8.32. The number of benzene rings is 1. The van der Waals surface area contributed by atoms with Crippen molar-refractivity contribution in [3.63, 3.8) is 0 Å². The first kappa shape index (κ1) is 24.9. The number of carbonyl (C=O) groups is 3. The van der Waals surface area contributed by atoms with Crippen LogP contribution in [0.25, 0.3) is 0 Å². The van der Waals surface area contributed by atoms with Crippen molar-refractivity contribution in [2.75, 3.05) is 0 Å². The molecule has 0 spiro atoms. The van der Waals surface area contributed by atoms with E-state index in [2.05, 4.69) is 5.32 Å². The molecular weight excluding hydrogens is 396 g/mol. The van der Waals surface area contributed by atoms with Crippen molar-refractivity contribution in [2.45, 2.75) is 71.6 Å². The minimum atomic E-state index is -1.19. The van der Waals surface area contributed by atoms with E-state index in [4.69, 9.17) is 14.2 Å². The van der Waals surface area contributed by atoms with Crippen LogP contribution < -0.4 is 10.1 Å². The van der Waals surface area contributed by atoms with Gasteiger partial charge < -0.3 is 19.5 Å². The molecular formula is C20H28N2O8. The van der Waals surface area contributed by atoms with E-state index >= 15 is 0 Å². The summed E-state index contributed by atoms with van der Waals surface area (Å²) in [7, 11) is 0. The average molecular weight is 424 g/mol. The number of hydrogen-bond donors (Lipinski definition) is 1. The molecule has 0 bridgehead atoms. The summed E-state index contributed by atoms with van der Waals surface area (Å²) >= 11 is 0. The summed E-state index contributed by atoms with van der Waals surface area (Å²) < 4.78 is 15.5. The zero-order valence-electron chi connectivity index (χ0n) is 18.0. The number of esters is 2. The largest absolute Gasteiger partial charge is 0.460 e. The maximum atomic E-state index is 12.6. The predicted molar refractivity (Wildman–Crippen MR) is 107 cm³/mol. The molecule has 30 heavy (non-hydrogen) atoms. The first-order valence-corrected chi connectivity index (χ1v) is 9.34. The molecule has 1 atom stereocenters. The van der Waals surface area contributed by atoms with Gasteiger partial charge in [-0.15, -0.1) is 0 Å². The molecule has 1 N–H and O–H groups in total. The number of ether oxygens (including phenoxy) is 3. The highest BCUT2D eigenvalue weighted by Gasteiger charge is 2.28. The van der Waals surface area contributed by atoms with E-state index in [1.54, 1.807) is 41.5 Å². The van der Waals surface area contributed by atoms with Crippen LogP contribution in [0.3, 0.4) is 0 Å². The fourth-order valence-electron chi connectivity index (χ4n) is 2.18. The minimum Gasteiger partial charge on any atom is -0.460 e. The quantitative estimate of drug-likeness (QED) is 0.304. The highest BCUT2D eigenvalue weighted by Crippen LogP contribution is 2.19. The third-order valence-corrected chi connectivity index (χ3v) is 3.30. The molecule has 0 aliphatic carbocycles. The lowest BCUT2D eigenvalue weighted by molar-refractivity contribution is -0.384. The molecule has 0 aromatic heterocycles. The van der Waals surface area contributed by atoms with Crippen molar-refractivity contribution in [1.29, 1.82) is 0 Å². The maximum absolute atomic E-state index is 12.6. The van der Waals surface area contributed by atoms with E-state index in [-0.39, 0.29) is 24.3 Å². The Morgan fingerprint density at radius 3 is 2.00 bits per heavy atom. The van der Waals surface area contributed by atoms with E-state index < -0.39 is 40.2 Å². The summed E-state index contributed by atoms with van der Waals surface area (Å²) in [4.78, 5) is 46.8. The lowest BCUT2D eigenvalue weighted by Gasteiger charge is -2.23. The van der Waals surface area contributed by atoms with Gasteiger partial charge in [-0.3, -0.25) is 14.9 Å². The van der Waals surface area contributed by atoms with Crippen molar-refractivity contribution >= 4 is 23.7 Å². The van der Waals surface area contributed by atoms with Crippen molar-refractivity contribution in [3.8, 4) is 5.75 Å². The molecule has 10 heteroatoms. The van der Waals surface area contributed by atoms with Gasteiger partial charge in [-0.05, 0) is 60.1 Å². The van der Waals surface area contributed by atoms with Gasteiger partial charge in [-0.2, -0.15) is 0 Å². The number of rotatable bonds is 7. The van der Waals surface area contributed by atoms with Gasteiger partial charge in [-0.25, -0.2) is 9.59 Å². The van der Waals surface area contributed by atoms with E-state index in [0.29, 0.717) is 0 Å². The van der Waals surface area contributed by atoms with Gasteiger partial charge in [0, 0.05) is 18.6 Å². The van der Waals surface area contributed by atoms with Gasteiger partial charge in [0.15, 0.2) is 0 Å². The second-order valence-electron chi connectivity index (χ2n) is 8.50. The van der Waals surface area contributed by atoms with Crippen LogP contribution in [-0.4, -0.2) is 40.2 Å². The third-order valence-electron chi connectivity index (χ3n) is 3.30. The van der Waals surface area contributed by atoms with Crippen LogP contribution in [0.2, 0.25) is 0 Å². The summed E-state index contributed by atoms with van der Waals surface area (Å²) in [6, 6.07) is 3.69. The van der Waals surface area contributed by atoms with Gasteiger partial charge in [-0.1, -0.05) is 0 Å². The Morgan fingerprint density at radius 1 is 1.00 bits per heavy atom. The molecule has 0 radical (unpaired) electrons. The van der Waals surface area contributed by atoms with Gasteiger partial charge in [0.2, 0.25) is 0 Å². The number of alkyl carbamates (subject to hydrolysis) is 1. The summed E-state index contributed by atoms with van der Waals surface area (Å²) in [5.41, 5.74) is -1.64. The molecule has 0 fully saturated rings. The van der Waals surface area contributed by atoms with E-state index in [9.17, 15) is 24.5 Å². The molecule has 0 aliphatic rings. The number of nitro groups is 1. The molecule has 166 valence electrons. The summed E-state index contributed by atoms with van der Waals surface area (Å²) in [6.07, 6.45) is -1.08. The number of nitrogens with zero attached hydrogens (tertiary/aromatic N) is 1. The van der Waals surface area contributed by atoms with E-state index in [0.717, 1.165) is 0 Å². The fourth-order valence-corrected chi connectivity index (χ4v) is 2.18. The summed E-state index contributed by atoms with van der Waals surface area (Å²) in [5, 5.41) is 13.1. The molecule has 1 rings (SSSR count). The van der Waals surface area contributed by atoms with Gasteiger partial charge in [0.05, 0.1) is 4.92 Å². The van der Waals surface area contributed by atoms with Crippen LogP contribution >= 0.6 is 0 Å². The van der Waals surface area contributed by atoms with Crippen LogP contribution in [0.5, 0.6) is 5.75 Å². The number of nitrogens with one attached hydrogen (secondary N) is 1. The lowest BCUT2D eigenvalue weighted by atomic mass is 10.1. The number of carbonyl (C=O) groups excluding carboxylic acids is 3. The second-order valence-corrected chi connectivity index (χ2v) is 8.50. The molecule has 10 nitrogen and oxygen atoms in total. The zero-order chi connectivity index (χ0) is 23.1. The number of nitro benzene ring substituents is 1. The van der Waals surface area contributed by atoms with Crippen LogP contribution in [0.4, 0.5) is 10.5 Å². The van der Waals surface area contributed by atoms with Crippen molar-refractivity contribution < 1.29 is 33.5 Å². The van der Waals surface area contributed by atoms with E-state index in [1.165, 1.54) is 24.3 Å². The normalized spacial score (nSPS) is 12.5. The molecule has 0 unspecified atom stereocenters. The molecule has 0 saturated heterocycles. The van der Waals surface area contributed by atoms with Crippen molar-refractivity contribution in [3.05, 3.63) is 34.4 Å². The minimum absolute atomic E-state index is 0.0545. The third kappa shape index (κ3) is 9.85. The Bertz CT molecular complexity index is 775. The molecule has 1 aromatic rings. The first-order chi connectivity index (χ1) is 13.7. The number of non-ortho nitro benzene ring substituents is 1. The predicted octanol–water partition coefficient (Wildman–Crippen LogP) is 3.52. The second kappa shape index (κ2) is 10.0. The van der Waals surface area contributed by atoms with Crippen molar-refractivity contribution in [1.82, 2.24) is 5.32 Å². The highest BCUT2D eigenvalue weighted by atomic mass is 16.6. The van der Waals surface area contributed by atoms with Gasteiger partial charge >= 0.3 is 18.0 Å². The summed E-state index contributed by atoms with van der Waals surface area (Å²) in [6.45, 7) is 10.1. The Balaban J connectivity index is 2.86. The maximum Gasteiger partial charge on any atom is 0.408 e. The first-order valence-electron chi connectivity index (χ1n) is 9.34. The van der Waals surface area contributed by atoms with Crippen molar-refractivity contribution in [2.24, 2.45) is 0 Å². The Morgan fingerprint density at radius 2 is 1.53 bits per heavy atom. The SMILES string of the molecule is CC(C)(C)OC(=O)CC[C@H](NC(=O)OC(C)(C)C)C(=O)Oc1ccc([N+](=O)[O-])cc1. The molecule has 0 aliphatic heterocycles. The molecule has 0 heterocycles. The number of amides is 1. The molecule has 1 amide bonds. The van der Waals surface area contributed by atoms with Crippen LogP contribution in [0, 0.1) is 10.1 Å². The molecule has 0 saturated carbocycles. The fraction of sp³-hybridized carbons (Fsp3) is 0.550. The van der Waals surface area contributed by atoms with Crippen LogP contribution in [0.1, 0.15) is 54.4 Å². The average Bonchev–Trinajstić information content (AvgIpc) is 2.55. The van der Waals surface area contributed by atoms with Crippen LogP contribution in [-0.2, 0) is 19.1 Å². The van der Waals surface area contributed by atoms with Gasteiger partial charge in [0.1, 0.15) is 23.0 Å².